The van der Waals surface area contributed by atoms with Gasteiger partial charge in [-0.15, -0.1) is 11.6 Å². The first-order valence-electron chi connectivity index (χ1n) is 6.21. The summed E-state index contributed by atoms with van der Waals surface area (Å²) in [5, 5.41) is 0. The predicted molar refractivity (Wildman–Crippen MR) is 97.6 cm³/mol. The van der Waals surface area contributed by atoms with Crippen LogP contribution in [0, 0.1) is 3.57 Å². The van der Waals surface area contributed by atoms with E-state index in [1.165, 1.54) is 0 Å². The maximum Gasteiger partial charge on any atom is 0.142 e. The number of benzene rings is 2. The van der Waals surface area contributed by atoms with Gasteiger partial charge in [-0.2, -0.15) is 0 Å². The molecule has 0 aliphatic rings. The molecule has 6 heteroatoms. The minimum Gasteiger partial charge on any atom is -0.495 e. The number of imidazole rings is 1. The fraction of sp³-hybridized carbons (Fsp3) is 0.133. The van der Waals surface area contributed by atoms with Crippen LogP contribution in [0.1, 0.15) is 5.82 Å². The molecule has 0 bridgehead atoms. The van der Waals surface area contributed by atoms with Crippen LogP contribution in [0.15, 0.2) is 40.9 Å². The van der Waals surface area contributed by atoms with E-state index in [2.05, 4.69) is 55.6 Å². The van der Waals surface area contributed by atoms with Crippen molar-refractivity contribution in [3.63, 3.8) is 0 Å². The Balaban J connectivity index is 2.36. The Bertz CT molecular complexity index is 819. The Labute approximate surface area is 149 Å². The lowest BCUT2D eigenvalue weighted by molar-refractivity contribution is 0.413. The highest BCUT2D eigenvalue weighted by atomic mass is 127. The molecular formula is C15H11BrClIN2O. The van der Waals surface area contributed by atoms with Gasteiger partial charge in [0.2, 0.25) is 0 Å². The van der Waals surface area contributed by atoms with E-state index in [0.29, 0.717) is 5.88 Å². The molecule has 2 aromatic carbocycles. The fourth-order valence-electron chi connectivity index (χ4n) is 2.30. The molecular weight excluding hydrogens is 466 g/mol. The van der Waals surface area contributed by atoms with Gasteiger partial charge >= 0.3 is 0 Å². The molecule has 0 radical (unpaired) electrons. The molecule has 3 nitrogen and oxygen atoms in total. The average molecular weight is 478 g/mol. The SMILES string of the molecule is COc1ccc(Br)cc1-n1c(CCl)nc2cc(I)ccc21. The maximum absolute atomic E-state index is 6.09. The second-order valence-electron chi connectivity index (χ2n) is 4.45. The molecule has 0 atom stereocenters. The summed E-state index contributed by atoms with van der Waals surface area (Å²) >= 11 is 11.9. The molecule has 21 heavy (non-hydrogen) atoms. The van der Waals surface area contributed by atoms with Crippen molar-refractivity contribution in [2.24, 2.45) is 0 Å². The molecule has 1 aromatic heterocycles. The maximum atomic E-state index is 6.09. The number of aromatic nitrogens is 2. The normalized spacial score (nSPS) is 11.0. The number of halogens is 3. The monoisotopic (exact) mass is 476 g/mol. The van der Waals surface area contributed by atoms with E-state index in [1.807, 2.05) is 28.8 Å². The number of ether oxygens (including phenoxy) is 1. The van der Waals surface area contributed by atoms with Crippen LogP contribution in [0.25, 0.3) is 16.7 Å². The van der Waals surface area contributed by atoms with Crippen LogP contribution in [0.2, 0.25) is 0 Å². The third-order valence-corrected chi connectivity index (χ3v) is 4.59. The molecule has 0 aliphatic carbocycles. The second-order valence-corrected chi connectivity index (χ2v) is 6.87. The number of fused-ring (bicyclic) bond motifs is 1. The Morgan fingerprint density at radius 3 is 2.81 bits per heavy atom. The first-order valence-corrected chi connectivity index (χ1v) is 8.61. The summed E-state index contributed by atoms with van der Waals surface area (Å²) < 4.78 is 9.65. The number of rotatable bonds is 3. The van der Waals surface area contributed by atoms with Gasteiger partial charge in [-0.05, 0) is 59.0 Å². The largest absolute Gasteiger partial charge is 0.495 e. The van der Waals surface area contributed by atoms with Gasteiger partial charge in [0, 0.05) is 8.04 Å². The molecule has 3 rings (SSSR count). The Morgan fingerprint density at radius 1 is 1.29 bits per heavy atom. The van der Waals surface area contributed by atoms with Crippen molar-refractivity contribution in [1.82, 2.24) is 9.55 Å². The second kappa shape index (κ2) is 6.14. The lowest BCUT2D eigenvalue weighted by atomic mass is 10.2. The van der Waals surface area contributed by atoms with Crippen LogP contribution < -0.4 is 4.74 Å². The first-order chi connectivity index (χ1) is 10.1. The molecule has 0 spiro atoms. The Kier molecular flexibility index (Phi) is 4.42. The van der Waals surface area contributed by atoms with Gasteiger partial charge in [0.15, 0.2) is 0 Å². The highest BCUT2D eigenvalue weighted by Gasteiger charge is 2.15. The molecule has 108 valence electrons. The van der Waals surface area contributed by atoms with Gasteiger partial charge in [-0.25, -0.2) is 4.98 Å². The molecule has 0 fully saturated rings. The average Bonchev–Trinajstić information content (AvgIpc) is 2.84. The standard InChI is InChI=1S/C15H11BrClIN2O/c1-21-14-5-2-9(16)6-13(14)20-12-4-3-10(18)7-11(12)19-15(20)8-17/h2-7H,8H2,1H3. The van der Waals surface area contributed by atoms with E-state index in [-0.39, 0.29) is 0 Å². The lowest BCUT2D eigenvalue weighted by Gasteiger charge is -2.13. The number of hydrogen-bond acceptors (Lipinski definition) is 2. The van der Waals surface area contributed by atoms with Crippen LogP contribution >= 0.6 is 50.1 Å². The van der Waals surface area contributed by atoms with Crippen molar-refractivity contribution in [3.8, 4) is 11.4 Å². The zero-order chi connectivity index (χ0) is 15.0. The van der Waals surface area contributed by atoms with Gasteiger partial charge in [0.1, 0.15) is 11.6 Å². The minimum absolute atomic E-state index is 0.334. The van der Waals surface area contributed by atoms with E-state index in [1.54, 1.807) is 7.11 Å². The summed E-state index contributed by atoms with van der Waals surface area (Å²) in [5.41, 5.74) is 2.87. The predicted octanol–water partition coefficient (Wildman–Crippen LogP) is 5.14. The summed E-state index contributed by atoms with van der Waals surface area (Å²) in [6.45, 7) is 0. The highest BCUT2D eigenvalue weighted by Crippen LogP contribution is 2.32. The number of alkyl halides is 1. The Hall–Kier alpha value is -0.790. The third kappa shape index (κ3) is 2.78. The van der Waals surface area contributed by atoms with Gasteiger partial charge in [-0.1, -0.05) is 15.9 Å². The summed E-state index contributed by atoms with van der Waals surface area (Å²) in [5.74, 6) is 1.91. The number of hydrogen-bond donors (Lipinski definition) is 0. The zero-order valence-corrected chi connectivity index (χ0v) is 15.6. The van der Waals surface area contributed by atoms with Crippen molar-refractivity contribution < 1.29 is 4.74 Å². The summed E-state index contributed by atoms with van der Waals surface area (Å²) in [6, 6.07) is 12.0. The molecule has 0 saturated carbocycles. The van der Waals surface area contributed by atoms with E-state index in [4.69, 9.17) is 16.3 Å². The van der Waals surface area contributed by atoms with Crippen LogP contribution in [-0.4, -0.2) is 16.7 Å². The smallest absolute Gasteiger partial charge is 0.142 e. The quantitative estimate of drug-likeness (QED) is 0.386. The number of nitrogens with zero attached hydrogens (tertiary/aromatic N) is 2. The van der Waals surface area contributed by atoms with Gasteiger partial charge in [-0.3, -0.25) is 4.57 Å². The summed E-state index contributed by atoms with van der Waals surface area (Å²) in [7, 11) is 1.66. The first kappa shape index (κ1) is 15.1. The number of methoxy groups -OCH3 is 1. The summed E-state index contributed by atoms with van der Waals surface area (Å²) in [6.07, 6.45) is 0. The molecule has 0 saturated heterocycles. The molecule has 1 heterocycles. The highest BCUT2D eigenvalue weighted by molar-refractivity contribution is 14.1. The molecule has 0 unspecified atom stereocenters. The van der Waals surface area contributed by atoms with Crippen molar-refractivity contribution in [2.45, 2.75) is 5.88 Å². The van der Waals surface area contributed by atoms with Crippen molar-refractivity contribution in [1.29, 1.82) is 0 Å². The van der Waals surface area contributed by atoms with Crippen molar-refractivity contribution >= 4 is 61.2 Å². The molecule has 0 amide bonds. The van der Waals surface area contributed by atoms with E-state index in [9.17, 15) is 0 Å². The van der Waals surface area contributed by atoms with Crippen LogP contribution in [0.3, 0.4) is 0 Å². The van der Waals surface area contributed by atoms with Crippen molar-refractivity contribution in [3.05, 3.63) is 50.3 Å². The molecule has 0 N–H and O–H groups in total. The lowest BCUT2D eigenvalue weighted by Crippen LogP contribution is -2.02. The van der Waals surface area contributed by atoms with E-state index < -0.39 is 0 Å². The summed E-state index contributed by atoms with van der Waals surface area (Å²) in [4.78, 5) is 4.63. The fourth-order valence-corrected chi connectivity index (χ4v) is 3.30. The van der Waals surface area contributed by atoms with E-state index >= 15 is 0 Å². The molecule has 3 aromatic rings. The van der Waals surface area contributed by atoms with E-state index in [0.717, 1.165) is 36.3 Å². The third-order valence-electron chi connectivity index (χ3n) is 3.19. The van der Waals surface area contributed by atoms with Crippen LogP contribution in [0.5, 0.6) is 5.75 Å². The minimum atomic E-state index is 0.334. The van der Waals surface area contributed by atoms with Gasteiger partial charge in [0.05, 0.1) is 29.7 Å². The van der Waals surface area contributed by atoms with Crippen LogP contribution in [-0.2, 0) is 5.88 Å². The zero-order valence-electron chi connectivity index (χ0n) is 11.1. The molecule has 0 aliphatic heterocycles. The Morgan fingerprint density at radius 2 is 2.10 bits per heavy atom. The van der Waals surface area contributed by atoms with Crippen molar-refractivity contribution in [2.75, 3.05) is 7.11 Å². The van der Waals surface area contributed by atoms with Crippen LogP contribution in [0.4, 0.5) is 0 Å². The van der Waals surface area contributed by atoms with Gasteiger partial charge < -0.3 is 4.74 Å². The van der Waals surface area contributed by atoms with Gasteiger partial charge in [0.25, 0.3) is 0 Å². The topological polar surface area (TPSA) is 27.1 Å².